The second-order valence-electron chi connectivity index (χ2n) is 4.75. The Bertz CT molecular complexity index is 507. The molecule has 0 saturated carbocycles. The number of nitrogens with one attached hydrogen (secondary N) is 1. The highest BCUT2D eigenvalue weighted by atomic mass is 32.1. The van der Waals surface area contributed by atoms with E-state index in [4.69, 9.17) is 10.5 Å². The van der Waals surface area contributed by atoms with E-state index in [0.29, 0.717) is 18.0 Å². The van der Waals surface area contributed by atoms with E-state index >= 15 is 0 Å². The van der Waals surface area contributed by atoms with Crippen molar-refractivity contribution in [2.75, 3.05) is 19.7 Å². The molecule has 0 aromatic carbocycles. The van der Waals surface area contributed by atoms with E-state index in [1.807, 2.05) is 13.0 Å². The Hall–Kier alpha value is -1.35. The maximum atomic E-state index is 12.0. The Morgan fingerprint density at radius 3 is 3.16 bits per heavy atom. The molecule has 3 N–H and O–H groups in total. The Morgan fingerprint density at radius 2 is 2.47 bits per heavy atom. The van der Waals surface area contributed by atoms with Crippen molar-refractivity contribution in [2.45, 2.75) is 25.4 Å². The first kappa shape index (κ1) is 14.1. The summed E-state index contributed by atoms with van der Waals surface area (Å²) in [5.41, 5.74) is 5.10. The lowest BCUT2D eigenvalue weighted by Crippen LogP contribution is -2.39. The first-order chi connectivity index (χ1) is 9.13. The van der Waals surface area contributed by atoms with Crippen molar-refractivity contribution >= 4 is 17.2 Å². The first-order valence-electron chi connectivity index (χ1n) is 6.34. The SMILES string of the molecule is CC1(CNC(=O)c2ccc(C#CCN)s2)CCCO1. The number of nitrogens with two attached hydrogens (primary N) is 1. The van der Waals surface area contributed by atoms with Crippen molar-refractivity contribution in [1.29, 1.82) is 0 Å². The van der Waals surface area contributed by atoms with Crippen LogP contribution in [-0.2, 0) is 4.74 Å². The Kier molecular flexibility index (Phi) is 4.59. The zero-order valence-electron chi connectivity index (χ0n) is 11.0. The fraction of sp³-hybridized carbons (Fsp3) is 0.500. The lowest BCUT2D eigenvalue weighted by Gasteiger charge is -2.23. The maximum absolute atomic E-state index is 12.0. The van der Waals surface area contributed by atoms with Gasteiger partial charge in [0.15, 0.2) is 0 Å². The number of carbonyl (C=O) groups is 1. The minimum atomic E-state index is -0.213. The molecule has 2 heterocycles. The van der Waals surface area contributed by atoms with Crippen LogP contribution in [0.15, 0.2) is 12.1 Å². The average Bonchev–Trinajstić information content (AvgIpc) is 3.03. The van der Waals surface area contributed by atoms with Gasteiger partial charge >= 0.3 is 0 Å². The predicted molar refractivity (Wildman–Crippen MR) is 76.2 cm³/mol. The van der Waals surface area contributed by atoms with E-state index in [-0.39, 0.29) is 11.5 Å². The number of hydrogen-bond donors (Lipinski definition) is 2. The molecule has 1 amide bonds. The van der Waals surface area contributed by atoms with Gasteiger partial charge in [0.25, 0.3) is 5.91 Å². The first-order valence-corrected chi connectivity index (χ1v) is 7.15. The number of thiophene rings is 1. The number of hydrogen-bond acceptors (Lipinski definition) is 4. The summed E-state index contributed by atoms with van der Waals surface area (Å²) >= 11 is 1.38. The van der Waals surface area contributed by atoms with Crippen LogP contribution in [-0.4, -0.2) is 31.2 Å². The molecule has 1 atom stereocenters. The average molecular weight is 278 g/mol. The van der Waals surface area contributed by atoms with E-state index in [0.717, 1.165) is 24.3 Å². The van der Waals surface area contributed by atoms with Crippen LogP contribution in [0.25, 0.3) is 0 Å². The molecular formula is C14H18N2O2S. The van der Waals surface area contributed by atoms with Gasteiger partial charge in [0.2, 0.25) is 0 Å². The fourth-order valence-electron chi connectivity index (χ4n) is 2.00. The van der Waals surface area contributed by atoms with Crippen molar-refractivity contribution in [3.63, 3.8) is 0 Å². The van der Waals surface area contributed by atoms with Crippen LogP contribution in [0.5, 0.6) is 0 Å². The van der Waals surface area contributed by atoms with Crippen molar-refractivity contribution in [1.82, 2.24) is 5.32 Å². The van der Waals surface area contributed by atoms with Crippen LogP contribution >= 0.6 is 11.3 Å². The maximum Gasteiger partial charge on any atom is 0.261 e. The van der Waals surface area contributed by atoms with Gasteiger partial charge in [0.1, 0.15) is 0 Å². The quantitative estimate of drug-likeness (QED) is 0.821. The summed E-state index contributed by atoms with van der Waals surface area (Å²) in [5.74, 6) is 5.63. The van der Waals surface area contributed by atoms with Crippen LogP contribution in [0.4, 0.5) is 0 Å². The smallest absolute Gasteiger partial charge is 0.261 e. The van der Waals surface area contributed by atoms with Crippen LogP contribution in [0.1, 0.15) is 34.3 Å². The van der Waals surface area contributed by atoms with Crippen LogP contribution in [0.3, 0.4) is 0 Å². The Morgan fingerprint density at radius 1 is 1.63 bits per heavy atom. The molecule has 1 fully saturated rings. The summed E-state index contributed by atoms with van der Waals surface area (Å²) in [6, 6.07) is 3.63. The second-order valence-corrected chi connectivity index (χ2v) is 5.84. The molecule has 4 nitrogen and oxygen atoms in total. The van der Waals surface area contributed by atoms with E-state index in [9.17, 15) is 4.79 Å². The van der Waals surface area contributed by atoms with Crippen molar-refractivity contribution in [3.8, 4) is 11.8 Å². The lowest BCUT2D eigenvalue weighted by atomic mass is 10.0. The number of carbonyl (C=O) groups excluding carboxylic acids is 1. The summed E-state index contributed by atoms with van der Waals surface area (Å²) in [7, 11) is 0. The molecule has 102 valence electrons. The molecule has 1 saturated heterocycles. The molecule has 0 aliphatic carbocycles. The third-order valence-electron chi connectivity index (χ3n) is 3.07. The fourth-order valence-corrected chi connectivity index (χ4v) is 2.79. The Balaban J connectivity index is 1.91. The van der Waals surface area contributed by atoms with Crippen molar-refractivity contribution in [2.24, 2.45) is 5.73 Å². The summed E-state index contributed by atoms with van der Waals surface area (Å²) in [5, 5.41) is 2.92. The molecule has 1 aromatic rings. The topological polar surface area (TPSA) is 64.4 Å². The van der Waals surface area contributed by atoms with Crippen LogP contribution < -0.4 is 11.1 Å². The van der Waals surface area contributed by atoms with Crippen LogP contribution in [0, 0.1) is 11.8 Å². The van der Waals surface area contributed by atoms with Gasteiger partial charge in [-0.15, -0.1) is 11.3 Å². The van der Waals surface area contributed by atoms with Gasteiger partial charge < -0.3 is 15.8 Å². The normalized spacial score (nSPS) is 21.8. The molecule has 1 aliphatic heterocycles. The minimum Gasteiger partial charge on any atom is -0.373 e. The molecule has 0 spiro atoms. The van der Waals surface area contributed by atoms with E-state index in [2.05, 4.69) is 17.2 Å². The van der Waals surface area contributed by atoms with E-state index in [1.54, 1.807) is 6.07 Å². The van der Waals surface area contributed by atoms with Gasteiger partial charge in [-0.3, -0.25) is 4.79 Å². The summed E-state index contributed by atoms with van der Waals surface area (Å²) in [4.78, 5) is 13.5. The van der Waals surface area contributed by atoms with Crippen molar-refractivity contribution < 1.29 is 9.53 Å². The van der Waals surface area contributed by atoms with Gasteiger partial charge in [-0.05, 0) is 31.9 Å². The van der Waals surface area contributed by atoms with Gasteiger partial charge in [-0.2, -0.15) is 0 Å². The van der Waals surface area contributed by atoms with Crippen molar-refractivity contribution in [3.05, 3.63) is 21.9 Å². The third kappa shape index (κ3) is 3.80. The Labute approximate surface area is 117 Å². The lowest BCUT2D eigenvalue weighted by molar-refractivity contribution is 0.0206. The monoisotopic (exact) mass is 278 g/mol. The van der Waals surface area contributed by atoms with Crippen LogP contribution in [0.2, 0.25) is 0 Å². The van der Waals surface area contributed by atoms with Gasteiger partial charge in [0.05, 0.1) is 21.9 Å². The van der Waals surface area contributed by atoms with Gasteiger partial charge in [0, 0.05) is 13.2 Å². The summed E-state index contributed by atoms with van der Waals surface area (Å²) in [6.07, 6.45) is 2.05. The molecule has 1 aliphatic rings. The standard InChI is InChI=1S/C14H18N2O2S/c1-14(7-3-9-18-14)10-16-13(17)12-6-5-11(19-12)4-2-8-15/h5-6H,3,7-10,15H2,1H3,(H,16,17). The molecular weight excluding hydrogens is 260 g/mol. The molecule has 2 rings (SSSR count). The minimum absolute atomic E-state index is 0.0671. The van der Waals surface area contributed by atoms with E-state index in [1.165, 1.54) is 11.3 Å². The molecule has 5 heteroatoms. The predicted octanol–water partition coefficient (Wildman–Crippen LogP) is 1.36. The summed E-state index contributed by atoms with van der Waals surface area (Å²) in [6.45, 7) is 3.69. The number of amides is 1. The zero-order valence-corrected chi connectivity index (χ0v) is 11.8. The molecule has 19 heavy (non-hydrogen) atoms. The largest absolute Gasteiger partial charge is 0.373 e. The highest BCUT2D eigenvalue weighted by Gasteiger charge is 2.30. The van der Waals surface area contributed by atoms with Gasteiger partial charge in [-0.25, -0.2) is 0 Å². The summed E-state index contributed by atoms with van der Waals surface area (Å²) < 4.78 is 5.64. The second kappa shape index (κ2) is 6.20. The molecule has 1 aromatic heterocycles. The molecule has 0 bridgehead atoms. The highest BCUT2D eigenvalue weighted by Crippen LogP contribution is 2.24. The molecule has 0 radical (unpaired) electrons. The third-order valence-corrected chi connectivity index (χ3v) is 4.07. The number of ether oxygens (including phenoxy) is 1. The molecule has 1 unspecified atom stereocenters. The highest BCUT2D eigenvalue weighted by molar-refractivity contribution is 7.14. The van der Waals surface area contributed by atoms with E-state index < -0.39 is 0 Å². The van der Waals surface area contributed by atoms with Gasteiger partial charge in [-0.1, -0.05) is 11.8 Å². The zero-order chi connectivity index (χ0) is 13.7. The number of rotatable bonds is 3.